The number of hydrogen-bond acceptors (Lipinski definition) is 5. The minimum Gasteiger partial charge on any atom is -0.506 e. The van der Waals surface area contributed by atoms with Gasteiger partial charge in [0.15, 0.2) is 0 Å². The highest BCUT2D eigenvalue weighted by molar-refractivity contribution is 6.33. The van der Waals surface area contributed by atoms with Crippen LogP contribution in [0.1, 0.15) is 34.6 Å². The van der Waals surface area contributed by atoms with Gasteiger partial charge in [0.1, 0.15) is 23.9 Å². The minimum absolute atomic E-state index is 0.00629. The highest BCUT2D eigenvalue weighted by Crippen LogP contribution is 2.39. The van der Waals surface area contributed by atoms with E-state index in [9.17, 15) is 9.90 Å². The van der Waals surface area contributed by atoms with Crippen LogP contribution in [0.25, 0.3) is 11.1 Å². The van der Waals surface area contributed by atoms with Gasteiger partial charge in [-0.2, -0.15) is 0 Å². The lowest BCUT2D eigenvalue weighted by atomic mass is 9.94. The maximum absolute atomic E-state index is 11.6. The number of phenolic OH excluding ortho intramolecular Hbond substituents is 1. The first kappa shape index (κ1) is 22.0. The van der Waals surface area contributed by atoms with E-state index in [0.29, 0.717) is 30.4 Å². The van der Waals surface area contributed by atoms with E-state index in [-0.39, 0.29) is 17.6 Å². The van der Waals surface area contributed by atoms with Crippen molar-refractivity contribution in [2.75, 3.05) is 13.7 Å². The van der Waals surface area contributed by atoms with Crippen LogP contribution in [0.15, 0.2) is 48.5 Å². The summed E-state index contributed by atoms with van der Waals surface area (Å²) in [5.41, 5.74) is 5.85. The molecule has 1 N–H and O–H groups in total. The van der Waals surface area contributed by atoms with E-state index in [2.05, 4.69) is 6.07 Å². The van der Waals surface area contributed by atoms with Gasteiger partial charge in [0.2, 0.25) is 0 Å². The number of ether oxygens (including phenoxy) is 3. The lowest BCUT2D eigenvalue weighted by molar-refractivity contribution is -0.141. The second kappa shape index (κ2) is 9.13. The molecule has 3 aromatic carbocycles. The molecule has 0 amide bonds. The topological polar surface area (TPSA) is 65.0 Å². The molecule has 1 unspecified atom stereocenters. The SMILES string of the molecule is COC(=O)CC1COc2cc(OCc3cccc(-c4c(C)cc(O)c(Cl)c4C)c3)ccc21. The van der Waals surface area contributed by atoms with Crippen LogP contribution < -0.4 is 9.47 Å². The number of phenols is 1. The number of rotatable bonds is 6. The van der Waals surface area contributed by atoms with Gasteiger partial charge in [-0.25, -0.2) is 0 Å². The molecular weight excluding hydrogens is 428 g/mol. The van der Waals surface area contributed by atoms with E-state index in [1.807, 2.05) is 50.2 Å². The zero-order chi connectivity index (χ0) is 22.8. The number of fused-ring (bicyclic) bond motifs is 1. The second-order valence-corrected chi connectivity index (χ2v) is 8.38. The number of carbonyl (C=O) groups is 1. The summed E-state index contributed by atoms with van der Waals surface area (Å²) in [7, 11) is 1.39. The number of esters is 1. The zero-order valence-electron chi connectivity index (χ0n) is 18.3. The van der Waals surface area contributed by atoms with Crippen molar-refractivity contribution in [2.24, 2.45) is 0 Å². The number of carbonyl (C=O) groups excluding carboxylic acids is 1. The van der Waals surface area contributed by atoms with Gasteiger partial charge in [0, 0.05) is 17.5 Å². The predicted octanol–water partition coefficient (Wildman–Crippen LogP) is 5.95. The van der Waals surface area contributed by atoms with E-state index in [1.54, 1.807) is 6.07 Å². The number of hydrogen-bond donors (Lipinski definition) is 1. The molecule has 0 saturated carbocycles. The first-order valence-corrected chi connectivity index (χ1v) is 10.8. The molecule has 1 aliphatic heterocycles. The summed E-state index contributed by atoms with van der Waals surface area (Å²) in [6, 6.07) is 15.5. The van der Waals surface area contributed by atoms with Gasteiger partial charge in [-0.05, 0) is 59.9 Å². The van der Waals surface area contributed by atoms with E-state index in [0.717, 1.165) is 39.1 Å². The van der Waals surface area contributed by atoms with Crippen LogP contribution in [0, 0.1) is 13.8 Å². The van der Waals surface area contributed by atoms with Crippen molar-refractivity contribution in [2.45, 2.75) is 32.8 Å². The highest BCUT2D eigenvalue weighted by Gasteiger charge is 2.27. The molecule has 166 valence electrons. The summed E-state index contributed by atoms with van der Waals surface area (Å²) in [4.78, 5) is 11.6. The fourth-order valence-corrected chi connectivity index (χ4v) is 4.32. The van der Waals surface area contributed by atoms with E-state index < -0.39 is 0 Å². The Hall–Kier alpha value is -3.18. The Morgan fingerprint density at radius 2 is 2.00 bits per heavy atom. The summed E-state index contributed by atoms with van der Waals surface area (Å²) < 4.78 is 16.5. The molecule has 0 aliphatic carbocycles. The van der Waals surface area contributed by atoms with Gasteiger partial charge in [-0.3, -0.25) is 4.79 Å². The summed E-state index contributed by atoms with van der Waals surface area (Å²) in [6.45, 7) is 4.72. The molecule has 1 aliphatic rings. The number of methoxy groups -OCH3 is 1. The van der Waals surface area contributed by atoms with Crippen molar-refractivity contribution in [3.63, 3.8) is 0 Å². The van der Waals surface area contributed by atoms with Crippen molar-refractivity contribution < 1.29 is 24.1 Å². The van der Waals surface area contributed by atoms with Crippen molar-refractivity contribution in [3.8, 4) is 28.4 Å². The molecule has 4 rings (SSSR count). The predicted molar refractivity (Wildman–Crippen MR) is 124 cm³/mol. The summed E-state index contributed by atoms with van der Waals surface area (Å²) in [5.74, 6) is 1.31. The molecule has 6 heteroatoms. The van der Waals surface area contributed by atoms with E-state index >= 15 is 0 Å². The van der Waals surface area contributed by atoms with Crippen LogP contribution in [0.5, 0.6) is 17.2 Å². The minimum atomic E-state index is -0.243. The molecule has 1 atom stereocenters. The number of halogens is 1. The van der Waals surface area contributed by atoms with Crippen molar-refractivity contribution >= 4 is 17.6 Å². The summed E-state index contributed by atoms with van der Waals surface area (Å²) in [5, 5.41) is 10.3. The molecule has 0 radical (unpaired) electrons. The van der Waals surface area contributed by atoms with Crippen LogP contribution in [0.2, 0.25) is 5.02 Å². The van der Waals surface area contributed by atoms with Crippen LogP contribution in [0.4, 0.5) is 0 Å². The lowest BCUT2D eigenvalue weighted by Gasteiger charge is -2.15. The van der Waals surface area contributed by atoms with Crippen LogP contribution in [-0.2, 0) is 16.1 Å². The first-order chi connectivity index (χ1) is 15.4. The van der Waals surface area contributed by atoms with Crippen molar-refractivity contribution in [1.82, 2.24) is 0 Å². The number of aryl methyl sites for hydroxylation is 1. The normalized spacial score (nSPS) is 14.6. The third-order valence-electron chi connectivity index (χ3n) is 5.80. The van der Waals surface area contributed by atoms with Gasteiger partial charge < -0.3 is 19.3 Å². The lowest BCUT2D eigenvalue weighted by Crippen LogP contribution is -2.09. The van der Waals surface area contributed by atoms with Crippen LogP contribution in [0.3, 0.4) is 0 Å². The molecule has 0 fully saturated rings. The molecule has 0 aromatic heterocycles. The maximum Gasteiger partial charge on any atom is 0.306 e. The molecule has 0 bridgehead atoms. The standard InChI is InChI=1S/C26H25ClO5/c1-15-9-22(28)26(27)16(2)25(15)18-6-4-5-17(10-18)13-31-20-7-8-21-19(11-24(29)30-3)14-32-23(21)12-20/h4-10,12,19,28H,11,13-14H2,1-3H3. The van der Waals surface area contributed by atoms with Crippen LogP contribution in [-0.4, -0.2) is 24.8 Å². The second-order valence-electron chi connectivity index (χ2n) is 8.00. The fourth-order valence-electron chi connectivity index (χ4n) is 4.17. The van der Waals surface area contributed by atoms with Gasteiger partial charge in [-0.1, -0.05) is 35.9 Å². The largest absolute Gasteiger partial charge is 0.506 e. The smallest absolute Gasteiger partial charge is 0.306 e. The summed E-state index contributed by atoms with van der Waals surface area (Å²) >= 11 is 6.27. The first-order valence-electron chi connectivity index (χ1n) is 10.4. The van der Waals surface area contributed by atoms with Gasteiger partial charge in [-0.15, -0.1) is 0 Å². The maximum atomic E-state index is 11.6. The fraction of sp³-hybridized carbons (Fsp3) is 0.269. The summed E-state index contributed by atoms with van der Waals surface area (Å²) in [6.07, 6.45) is 0.302. The third kappa shape index (κ3) is 4.39. The zero-order valence-corrected chi connectivity index (χ0v) is 19.0. The Kier molecular flexibility index (Phi) is 6.28. The molecule has 3 aromatic rings. The molecule has 0 saturated heterocycles. The average molecular weight is 453 g/mol. The van der Waals surface area contributed by atoms with Crippen LogP contribution >= 0.6 is 11.6 Å². The Balaban J connectivity index is 1.49. The third-order valence-corrected chi connectivity index (χ3v) is 6.28. The van der Waals surface area contributed by atoms with Gasteiger partial charge in [0.25, 0.3) is 0 Å². The monoisotopic (exact) mass is 452 g/mol. The Morgan fingerprint density at radius 3 is 2.78 bits per heavy atom. The number of benzene rings is 3. The van der Waals surface area contributed by atoms with E-state index in [1.165, 1.54) is 7.11 Å². The highest BCUT2D eigenvalue weighted by atomic mass is 35.5. The number of aromatic hydroxyl groups is 1. The van der Waals surface area contributed by atoms with Crippen molar-refractivity contribution in [3.05, 3.63) is 75.8 Å². The molecule has 5 nitrogen and oxygen atoms in total. The quantitative estimate of drug-likeness (QED) is 0.468. The van der Waals surface area contributed by atoms with Gasteiger partial charge >= 0.3 is 5.97 Å². The Bertz CT molecular complexity index is 1170. The molecule has 32 heavy (non-hydrogen) atoms. The Morgan fingerprint density at radius 1 is 1.19 bits per heavy atom. The molecule has 0 spiro atoms. The van der Waals surface area contributed by atoms with E-state index in [4.69, 9.17) is 25.8 Å². The molecular formula is C26H25ClO5. The van der Waals surface area contributed by atoms with Gasteiger partial charge in [0.05, 0.1) is 25.2 Å². The Labute approximate surface area is 192 Å². The molecule has 1 heterocycles. The average Bonchev–Trinajstić information content (AvgIpc) is 3.18. The van der Waals surface area contributed by atoms with Crippen molar-refractivity contribution in [1.29, 1.82) is 0 Å².